The number of esters is 1. The molecule has 3 atom stereocenters. The summed E-state index contributed by atoms with van der Waals surface area (Å²) >= 11 is 0. The molecule has 1 amide bonds. The number of alkyl halides is 6. The third kappa shape index (κ3) is 9.70. The van der Waals surface area contributed by atoms with E-state index in [1.165, 1.54) is 20.8 Å². The van der Waals surface area contributed by atoms with Crippen molar-refractivity contribution in [1.82, 2.24) is 5.32 Å². The monoisotopic (exact) mass is 598 g/mol. The Kier molecular flexibility index (Phi) is 10.2. The summed E-state index contributed by atoms with van der Waals surface area (Å²) in [6.07, 6.45) is -16.3. The molecule has 0 aromatic heterocycles. The SMILES string of the molecule is CC(C)(C)OC(=O)[C@@H](CCC(F)(F)F)[C@@H](CCC(F)(F)F)C(=O)N[C@H]1N=C(c2ccccc2)c2ccccc2CC1=O. The predicted molar refractivity (Wildman–Crippen MR) is 143 cm³/mol. The van der Waals surface area contributed by atoms with Crippen LogP contribution in [0.3, 0.4) is 0 Å². The average Bonchev–Trinajstić information content (AvgIpc) is 3.00. The number of ether oxygens (including phenoxy) is 1. The van der Waals surface area contributed by atoms with Crippen LogP contribution < -0.4 is 5.32 Å². The number of fused-ring (bicyclic) bond motifs is 1. The van der Waals surface area contributed by atoms with Gasteiger partial charge in [-0.15, -0.1) is 0 Å². The van der Waals surface area contributed by atoms with Gasteiger partial charge in [-0.1, -0.05) is 54.6 Å². The number of carbonyl (C=O) groups is 3. The lowest BCUT2D eigenvalue weighted by molar-refractivity contribution is -0.171. The Hall–Kier alpha value is -3.70. The van der Waals surface area contributed by atoms with E-state index in [0.29, 0.717) is 22.4 Å². The first-order chi connectivity index (χ1) is 19.4. The van der Waals surface area contributed by atoms with Gasteiger partial charge in [-0.05, 0) is 39.2 Å². The molecule has 0 spiro atoms. The number of hydrogen-bond donors (Lipinski definition) is 1. The fraction of sp³-hybridized carbons (Fsp3) is 0.467. The minimum Gasteiger partial charge on any atom is -0.460 e. The molecule has 0 saturated heterocycles. The van der Waals surface area contributed by atoms with Gasteiger partial charge >= 0.3 is 18.3 Å². The molecule has 12 heteroatoms. The van der Waals surface area contributed by atoms with Crippen LogP contribution in [0.4, 0.5) is 26.3 Å². The first kappa shape index (κ1) is 32.8. The van der Waals surface area contributed by atoms with Crippen LogP contribution in [-0.4, -0.2) is 47.5 Å². The van der Waals surface area contributed by atoms with E-state index in [4.69, 9.17) is 4.74 Å². The topological polar surface area (TPSA) is 84.8 Å². The van der Waals surface area contributed by atoms with E-state index in [1.807, 2.05) is 0 Å². The second-order valence-electron chi connectivity index (χ2n) is 11.1. The molecule has 0 fully saturated rings. The van der Waals surface area contributed by atoms with Gasteiger partial charge in [0.15, 0.2) is 11.9 Å². The van der Waals surface area contributed by atoms with E-state index < -0.39 is 79.3 Å². The van der Waals surface area contributed by atoms with Gasteiger partial charge in [0, 0.05) is 30.4 Å². The molecule has 0 saturated carbocycles. The van der Waals surface area contributed by atoms with Crippen molar-refractivity contribution in [2.45, 2.75) is 77.0 Å². The summed E-state index contributed by atoms with van der Waals surface area (Å²) in [5.74, 6) is -6.75. The van der Waals surface area contributed by atoms with E-state index in [-0.39, 0.29) is 6.42 Å². The third-order valence-electron chi connectivity index (χ3n) is 6.54. The standard InChI is InChI=1S/C30H32F6N2O4/c1-28(2,3)42-27(41)22(14-16-30(34,35)36)21(13-15-29(31,32)33)26(40)38-25-23(39)17-19-11-7-8-12-20(19)24(37-25)18-9-5-4-6-10-18/h4-12,21-22,25H,13-17H2,1-3H3,(H,38,40)/t21-,22+,25-/m1/s1. The summed E-state index contributed by atoms with van der Waals surface area (Å²) in [4.78, 5) is 44.2. The lowest BCUT2D eigenvalue weighted by Gasteiger charge is -2.30. The van der Waals surface area contributed by atoms with Crippen molar-refractivity contribution in [3.8, 4) is 0 Å². The van der Waals surface area contributed by atoms with Crippen molar-refractivity contribution in [2.24, 2.45) is 16.8 Å². The maximum Gasteiger partial charge on any atom is 0.389 e. The molecular formula is C30H32F6N2O4. The predicted octanol–water partition coefficient (Wildman–Crippen LogP) is 6.35. The Labute approximate surface area is 239 Å². The highest BCUT2D eigenvalue weighted by Gasteiger charge is 2.42. The maximum absolute atomic E-state index is 13.5. The Morgan fingerprint density at radius 1 is 0.881 bits per heavy atom. The van der Waals surface area contributed by atoms with Gasteiger partial charge in [0.2, 0.25) is 5.91 Å². The Balaban J connectivity index is 2.01. The van der Waals surface area contributed by atoms with E-state index >= 15 is 0 Å². The first-order valence-electron chi connectivity index (χ1n) is 13.3. The number of ketones is 1. The lowest BCUT2D eigenvalue weighted by atomic mass is 9.83. The Bertz CT molecular complexity index is 1300. The summed E-state index contributed by atoms with van der Waals surface area (Å²) < 4.78 is 84.5. The van der Waals surface area contributed by atoms with Crippen LogP contribution in [0, 0.1) is 11.8 Å². The summed E-state index contributed by atoms with van der Waals surface area (Å²) in [6.45, 7) is 4.33. The molecule has 2 aromatic rings. The number of rotatable bonds is 9. The second-order valence-corrected chi connectivity index (χ2v) is 11.1. The number of hydrogen-bond acceptors (Lipinski definition) is 5. The van der Waals surface area contributed by atoms with Gasteiger partial charge in [-0.2, -0.15) is 26.3 Å². The smallest absolute Gasteiger partial charge is 0.389 e. The highest BCUT2D eigenvalue weighted by atomic mass is 19.4. The molecule has 228 valence electrons. The zero-order chi connectivity index (χ0) is 31.3. The van der Waals surface area contributed by atoms with Gasteiger partial charge in [0.05, 0.1) is 17.5 Å². The molecule has 1 N–H and O–H groups in total. The summed E-state index contributed by atoms with van der Waals surface area (Å²) in [6, 6.07) is 15.6. The van der Waals surface area contributed by atoms with E-state index in [1.54, 1.807) is 54.6 Å². The van der Waals surface area contributed by atoms with Gasteiger partial charge in [0.25, 0.3) is 0 Å². The molecule has 42 heavy (non-hydrogen) atoms. The molecule has 3 rings (SSSR count). The van der Waals surface area contributed by atoms with Crippen molar-refractivity contribution >= 4 is 23.4 Å². The molecule has 0 radical (unpaired) electrons. The third-order valence-corrected chi connectivity index (χ3v) is 6.54. The van der Waals surface area contributed by atoms with E-state index in [0.717, 1.165) is 0 Å². The molecule has 1 aliphatic heterocycles. The van der Waals surface area contributed by atoms with Crippen LogP contribution in [0.1, 0.15) is 63.1 Å². The average molecular weight is 599 g/mol. The number of nitrogens with one attached hydrogen (secondary N) is 1. The highest BCUT2D eigenvalue weighted by Crippen LogP contribution is 2.34. The van der Waals surface area contributed by atoms with Crippen molar-refractivity contribution in [3.05, 3.63) is 71.3 Å². The maximum atomic E-state index is 13.5. The zero-order valence-electron chi connectivity index (χ0n) is 23.3. The summed E-state index contributed by atoms with van der Waals surface area (Å²) in [5.41, 5.74) is 0.974. The zero-order valence-corrected chi connectivity index (χ0v) is 23.3. The number of aliphatic imine (C=N–C) groups is 1. The number of carbonyl (C=O) groups excluding carboxylic acids is 3. The summed E-state index contributed by atoms with van der Waals surface area (Å²) in [5, 5.41) is 2.34. The number of benzene rings is 2. The van der Waals surface area contributed by atoms with Crippen LogP contribution in [0.5, 0.6) is 0 Å². The first-order valence-corrected chi connectivity index (χ1v) is 13.3. The van der Waals surface area contributed by atoms with Crippen LogP contribution in [-0.2, 0) is 25.5 Å². The number of nitrogens with zero attached hydrogens (tertiary/aromatic N) is 1. The highest BCUT2D eigenvalue weighted by molar-refractivity contribution is 6.16. The van der Waals surface area contributed by atoms with Gasteiger partial charge < -0.3 is 10.1 Å². The minimum absolute atomic E-state index is 0.169. The largest absolute Gasteiger partial charge is 0.460 e. The summed E-state index contributed by atoms with van der Waals surface area (Å²) in [7, 11) is 0. The fourth-order valence-corrected chi connectivity index (χ4v) is 4.66. The number of halogens is 6. The van der Waals surface area contributed by atoms with Gasteiger partial charge in [0.1, 0.15) is 5.60 Å². The van der Waals surface area contributed by atoms with E-state index in [9.17, 15) is 40.7 Å². The van der Waals surface area contributed by atoms with Crippen LogP contribution in [0.15, 0.2) is 59.6 Å². The van der Waals surface area contributed by atoms with Crippen molar-refractivity contribution in [1.29, 1.82) is 0 Å². The molecule has 1 aliphatic rings. The Morgan fingerprint density at radius 2 is 1.43 bits per heavy atom. The molecule has 0 aliphatic carbocycles. The quantitative estimate of drug-likeness (QED) is 0.269. The normalized spacial score (nSPS) is 17.4. The van der Waals surface area contributed by atoms with Crippen LogP contribution >= 0.6 is 0 Å². The Morgan fingerprint density at radius 3 is 2.00 bits per heavy atom. The van der Waals surface area contributed by atoms with E-state index in [2.05, 4.69) is 10.3 Å². The lowest BCUT2D eigenvalue weighted by Crippen LogP contribution is -2.47. The van der Waals surface area contributed by atoms with Crippen LogP contribution in [0.2, 0.25) is 0 Å². The van der Waals surface area contributed by atoms with Gasteiger partial charge in [-0.25, -0.2) is 0 Å². The van der Waals surface area contributed by atoms with Crippen molar-refractivity contribution in [3.63, 3.8) is 0 Å². The van der Waals surface area contributed by atoms with Crippen molar-refractivity contribution in [2.75, 3.05) is 0 Å². The molecule has 1 heterocycles. The molecule has 2 aromatic carbocycles. The molecule has 0 unspecified atom stereocenters. The second kappa shape index (κ2) is 13.1. The molecular weight excluding hydrogens is 566 g/mol. The number of amides is 1. The molecule has 0 bridgehead atoms. The fourth-order valence-electron chi connectivity index (χ4n) is 4.66. The minimum atomic E-state index is -4.76. The van der Waals surface area contributed by atoms with Crippen LogP contribution in [0.25, 0.3) is 0 Å². The van der Waals surface area contributed by atoms with Gasteiger partial charge in [-0.3, -0.25) is 19.4 Å². The van der Waals surface area contributed by atoms with Crippen molar-refractivity contribution < 1.29 is 45.5 Å². The number of Topliss-reactive ketones (excluding diaryl/α,β-unsaturated/α-hetero) is 1. The molecule has 6 nitrogen and oxygen atoms in total.